The molecule has 4 rings (SSSR count). The summed E-state index contributed by atoms with van der Waals surface area (Å²) in [6.45, 7) is 9.23. The van der Waals surface area contributed by atoms with Crippen molar-refractivity contribution < 1.29 is 9.59 Å². The molecule has 0 spiro atoms. The van der Waals surface area contributed by atoms with Crippen molar-refractivity contribution >= 4 is 12.6 Å². The SMILES string of the molecule is CCCCCCCCCCCCCCCCCc1cc(C#Cc2ccc(C=O)cc2)c(CCCCCCCCCCCCCCCCC)cc1C#CC#Cc1cc(CCCCCCCCCCCCCCCCC)c(C#Cc2ccc(C=O)cc2)cc1CCCCCCCCCCCCCCCCC. The molecule has 0 aromatic heterocycles. The van der Waals surface area contributed by atoms with E-state index in [1.165, 1.54) is 382 Å². The molecule has 0 atom stereocenters. The molecule has 4 aromatic rings. The molecular weight excluding hydrogens is 1260 g/mol. The summed E-state index contributed by atoms with van der Waals surface area (Å²) in [6.07, 6.45) is 86.9. The first-order chi connectivity index (χ1) is 51.5. The van der Waals surface area contributed by atoms with Crippen LogP contribution in [-0.2, 0) is 25.7 Å². The van der Waals surface area contributed by atoms with Gasteiger partial charge in [-0.15, -0.1) is 0 Å². The number of aldehydes is 2. The predicted molar refractivity (Wildman–Crippen MR) is 457 cm³/mol. The molecule has 0 saturated carbocycles. The Kier molecular flexibility index (Phi) is 58.4. The minimum Gasteiger partial charge on any atom is -0.298 e. The molecule has 0 radical (unpaired) electrons. The quantitative estimate of drug-likeness (QED) is 0.0251. The minimum atomic E-state index is 0.676. The van der Waals surface area contributed by atoms with E-state index in [-0.39, 0.29) is 0 Å². The summed E-state index contributed by atoms with van der Waals surface area (Å²) in [6, 6.07) is 25.0. The number of hydrogen-bond acceptors (Lipinski definition) is 2. The van der Waals surface area contributed by atoms with Crippen LogP contribution in [0.4, 0.5) is 0 Å². The highest BCUT2D eigenvalue weighted by Crippen LogP contribution is 2.26. The van der Waals surface area contributed by atoms with Gasteiger partial charge in [0.1, 0.15) is 12.6 Å². The lowest BCUT2D eigenvalue weighted by Crippen LogP contribution is -2.00. The van der Waals surface area contributed by atoms with Crippen molar-refractivity contribution in [1.82, 2.24) is 0 Å². The fourth-order valence-corrected chi connectivity index (χ4v) is 15.2. The maximum absolute atomic E-state index is 11.6. The van der Waals surface area contributed by atoms with Gasteiger partial charge in [0.05, 0.1) is 0 Å². The Bertz CT molecular complexity index is 2790. The third kappa shape index (κ3) is 47.9. The van der Waals surface area contributed by atoms with Crippen LogP contribution in [0.3, 0.4) is 0 Å². The van der Waals surface area contributed by atoms with E-state index in [1.54, 1.807) is 0 Å². The Morgan fingerprint density at radius 1 is 0.202 bits per heavy atom. The first kappa shape index (κ1) is 90.8. The smallest absolute Gasteiger partial charge is 0.150 e. The number of rotatable bonds is 66. The largest absolute Gasteiger partial charge is 0.298 e. The standard InChI is InChI=1S/C102H154O2/c1-5-9-13-17-21-25-29-33-37-41-45-49-53-57-61-67-95-87-101(83-81-91-73-77-93(89-103)78-74-91)99(69-63-59-55-51-47-43-39-35-31-27-23-19-15-11-7-3)85-97(95)71-65-66-72-98-86-100(70-64-60-56-52-48-44-40-36-32-28-24-20-16-12-8-4)102(84-82-92-75-79-94(90-104)80-76-92)88-96(98)68-62-58-54-50-46-42-38-34-30-26-22-18-14-10-6-2/h73-80,85-90H,5-64,67-70H2,1-4H3. The van der Waals surface area contributed by atoms with Crippen molar-refractivity contribution in [3.63, 3.8) is 0 Å². The topological polar surface area (TPSA) is 34.1 Å². The molecule has 0 fully saturated rings. The molecular formula is C102H154O2. The van der Waals surface area contributed by atoms with E-state index in [0.717, 1.165) is 97.3 Å². The maximum atomic E-state index is 11.6. The Labute approximate surface area is 643 Å². The van der Waals surface area contributed by atoms with Crippen LogP contribution in [0.25, 0.3) is 0 Å². The highest BCUT2D eigenvalue weighted by molar-refractivity contribution is 5.75. The molecule has 0 saturated heterocycles. The van der Waals surface area contributed by atoms with Crippen molar-refractivity contribution in [1.29, 1.82) is 0 Å². The van der Waals surface area contributed by atoms with Crippen LogP contribution < -0.4 is 0 Å². The summed E-state index contributed by atoms with van der Waals surface area (Å²) in [5, 5.41) is 0. The molecule has 0 N–H and O–H groups in total. The molecule has 0 aliphatic rings. The lowest BCUT2D eigenvalue weighted by atomic mass is 9.91. The van der Waals surface area contributed by atoms with Gasteiger partial charge in [-0.1, -0.05) is 447 Å². The number of aryl methyl sites for hydroxylation is 4. The lowest BCUT2D eigenvalue weighted by Gasteiger charge is -2.12. The summed E-state index contributed by atoms with van der Waals surface area (Å²) in [5.74, 6) is 28.8. The van der Waals surface area contributed by atoms with Gasteiger partial charge in [0, 0.05) is 44.5 Å². The second kappa shape index (κ2) is 66.9. The summed E-state index contributed by atoms with van der Waals surface area (Å²) in [7, 11) is 0. The third-order valence-corrected chi connectivity index (χ3v) is 22.1. The van der Waals surface area contributed by atoms with Crippen LogP contribution in [0.1, 0.15) is 489 Å². The molecule has 0 aliphatic carbocycles. The van der Waals surface area contributed by atoms with Gasteiger partial charge in [-0.2, -0.15) is 0 Å². The molecule has 0 amide bonds. The number of benzene rings is 4. The summed E-state index contributed by atoms with van der Waals surface area (Å²) in [4.78, 5) is 23.2. The average Bonchev–Trinajstić information content (AvgIpc) is 0.830. The molecule has 574 valence electrons. The lowest BCUT2D eigenvalue weighted by molar-refractivity contribution is 0.111. The molecule has 0 unspecified atom stereocenters. The Hall–Kier alpha value is -5.54. The van der Waals surface area contributed by atoms with Crippen LogP contribution in [0.5, 0.6) is 0 Å². The first-order valence-corrected chi connectivity index (χ1v) is 45.0. The molecule has 0 aliphatic heterocycles. The van der Waals surface area contributed by atoms with Crippen molar-refractivity contribution in [3.05, 3.63) is 140 Å². The Balaban J connectivity index is 1.61. The van der Waals surface area contributed by atoms with Crippen LogP contribution in [0.2, 0.25) is 0 Å². The van der Waals surface area contributed by atoms with Crippen molar-refractivity contribution in [3.8, 4) is 47.4 Å². The normalized spacial score (nSPS) is 11.0. The second-order valence-electron chi connectivity index (χ2n) is 31.6. The monoisotopic (exact) mass is 1410 g/mol. The molecule has 0 bridgehead atoms. The summed E-state index contributed by atoms with van der Waals surface area (Å²) < 4.78 is 0. The van der Waals surface area contributed by atoms with Gasteiger partial charge in [0.15, 0.2) is 0 Å². The fraction of sp³-hybridized carbons (Fsp3) is 0.667. The second-order valence-corrected chi connectivity index (χ2v) is 31.6. The molecule has 104 heavy (non-hydrogen) atoms. The Morgan fingerprint density at radius 3 is 0.538 bits per heavy atom. The summed E-state index contributed by atoms with van der Waals surface area (Å²) in [5.41, 5.74) is 12.8. The van der Waals surface area contributed by atoms with E-state index >= 15 is 0 Å². The van der Waals surface area contributed by atoms with E-state index in [1.807, 2.05) is 48.5 Å². The zero-order chi connectivity index (χ0) is 73.7. The minimum absolute atomic E-state index is 0.676. The number of unbranched alkanes of at least 4 members (excludes halogenated alkanes) is 56. The average molecular weight is 1410 g/mol. The Morgan fingerprint density at radius 2 is 0.365 bits per heavy atom. The fourth-order valence-electron chi connectivity index (χ4n) is 15.2. The zero-order valence-corrected chi connectivity index (χ0v) is 68.2. The van der Waals surface area contributed by atoms with Crippen LogP contribution in [0.15, 0.2) is 72.8 Å². The molecule has 4 aromatic carbocycles. The number of carbonyl (C=O) groups is 2. The van der Waals surface area contributed by atoms with Crippen molar-refractivity contribution in [2.24, 2.45) is 0 Å². The van der Waals surface area contributed by atoms with Gasteiger partial charge >= 0.3 is 0 Å². The molecule has 0 heterocycles. The van der Waals surface area contributed by atoms with E-state index in [4.69, 9.17) is 0 Å². The number of hydrogen-bond donors (Lipinski definition) is 0. The number of carbonyl (C=O) groups excluding carboxylic acids is 2. The summed E-state index contributed by atoms with van der Waals surface area (Å²) >= 11 is 0. The van der Waals surface area contributed by atoms with Gasteiger partial charge in [0.2, 0.25) is 0 Å². The van der Waals surface area contributed by atoms with Gasteiger partial charge in [0.25, 0.3) is 0 Å². The van der Waals surface area contributed by atoms with Gasteiger partial charge in [-0.05, 0) is 134 Å². The highest BCUT2D eigenvalue weighted by atomic mass is 16.1. The highest BCUT2D eigenvalue weighted by Gasteiger charge is 2.12. The van der Waals surface area contributed by atoms with Crippen molar-refractivity contribution in [2.75, 3.05) is 0 Å². The van der Waals surface area contributed by atoms with E-state index in [2.05, 4.69) is 99.3 Å². The zero-order valence-electron chi connectivity index (χ0n) is 68.2. The van der Waals surface area contributed by atoms with Gasteiger partial charge < -0.3 is 0 Å². The van der Waals surface area contributed by atoms with Crippen LogP contribution >= 0.6 is 0 Å². The van der Waals surface area contributed by atoms with Crippen molar-refractivity contribution in [2.45, 2.75) is 439 Å². The van der Waals surface area contributed by atoms with Crippen LogP contribution in [0, 0.1) is 47.4 Å². The molecule has 2 nitrogen and oxygen atoms in total. The third-order valence-electron chi connectivity index (χ3n) is 22.1. The van der Waals surface area contributed by atoms with Gasteiger partial charge in [-0.25, -0.2) is 0 Å². The van der Waals surface area contributed by atoms with E-state index in [0.29, 0.717) is 11.1 Å². The predicted octanol–water partition coefficient (Wildman–Crippen LogP) is 31.2. The van der Waals surface area contributed by atoms with Gasteiger partial charge in [-0.3, -0.25) is 9.59 Å². The first-order valence-electron chi connectivity index (χ1n) is 45.0. The molecule has 2 heteroatoms. The van der Waals surface area contributed by atoms with E-state index < -0.39 is 0 Å². The van der Waals surface area contributed by atoms with E-state index in [9.17, 15) is 9.59 Å². The van der Waals surface area contributed by atoms with Crippen LogP contribution in [-0.4, -0.2) is 12.6 Å². The maximum Gasteiger partial charge on any atom is 0.150 e.